The number of nitrogens with zero attached hydrogens (tertiary/aromatic N) is 6. The van der Waals surface area contributed by atoms with Crippen molar-refractivity contribution in [3.8, 4) is 0 Å². The smallest absolute Gasteiger partial charge is 2.00 e. The molecule has 0 aromatic heterocycles. The van der Waals surface area contributed by atoms with Crippen LogP contribution in [0.15, 0.2) is 158 Å². The van der Waals surface area contributed by atoms with Gasteiger partial charge in [0.2, 0.25) is 0 Å². The molecule has 0 bridgehead atoms. The molecule has 428 valence electrons. The Bertz CT molecular complexity index is 2700. The summed E-state index contributed by atoms with van der Waals surface area (Å²) in [5.41, 5.74) is 30.2. The van der Waals surface area contributed by atoms with Crippen LogP contribution in [0, 0.1) is 83.1 Å². The Morgan fingerprint density at radius 3 is 0.556 bits per heavy atom. The van der Waals surface area contributed by atoms with Crippen LogP contribution in [0.5, 0.6) is 0 Å². The quantitative estimate of drug-likeness (QED) is 0.0864. The average molecular weight is 1360 g/mol. The number of aliphatic imine (C=N–C) groups is 3. The third kappa shape index (κ3) is 27.5. The molecule has 6 aromatic carbocycles. The molecule has 0 heterocycles. The SMILES string of the molecule is CC(=Nc1c(C)cccc1C)/C(C)=C(/C)[N-]c1c(C)cccc1C.CC(=Nc1c(C)cccc1C)/C(C)=C(/C)[N-]c1c(C)cccc1C.CC(=Nc1c(C)cccc1C)/C(C)=C(/C)[N-]c1c(C)cccc1C.[Fe+2].[Fe+2].[Fe+2].[Fe].[K+].[K+].[S-2].[S-2].[S-2]. The molecule has 6 aromatic rings. The van der Waals surface area contributed by atoms with E-state index in [1.165, 1.54) is 66.8 Å². The van der Waals surface area contributed by atoms with Gasteiger partial charge in [-0.25, -0.2) is 0 Å². The molecule has 0 atom stereocenters. The molecule has 0 N–H and O–H groups in total. The molecule has 0 saturated carbocycles. The van der Waals surface area contributed by atoms with Crippen LogP contribution in [0.3, 0.4) is 0 Å². The van der Waals surface area contributed by atoms with Crippen molar-refractivity contribution < 1.29 is 171 Å². The van der Waals surface area contributed by atoms with Crippen LogP contribution in [0.2, 0.25) is 0 Å². The van der Waals surface area contributed by atoms with Crippen LogP contribution in [0.1, 0.15) is 129 Å². The molecule has 0 radical (unpaired) electrons. The van der Waals surface area contributed by atoms with E-state index in [1.54, 1.807) is 0 Å². The van der Waals surface area contributed by atoms with E-state index in [9.17, 15) is 0 Å². The molecule has 0 amide bonds. The van der Waals surface area contributed by atoms with Crippen molar-refractivity contribution in [2.45, 2.75) is 145 Å². The first-order valence-corrected chi connectivity index (χ1v) is 25.1. The van der Waals surface area contributed by atoms with E-state index in [4.69, 9.17) is 30.9 Å². The van der Waals surface area contributed by atoms with Crippen molar-refractivity contribution in [1.82, 2.24) is 0 Å². The molecule has 0 aliphatic rings. The molecule has 81 heavy (non-hydrogen) atoms. The average Bonchev–Trinajstić information content (AvgIpc) is 3.33. The Morgan fingerprint density at radius 2 is 0.407 bits per heavy atom. The summed E-state index contributed by atoms with van der Waals surface area (Å²) in [4.78, 5) is 14.6. The summed E-state index contributed by atoms with van der Waals surface area (Å²) in [7, 11) is 0. The van der Waals surface area contributed by atoms with Crippen LogP contribution in [-0.4, -0.2) is 17.1 Å². The Labute approximate surface area is 639 Å². The van der Waals surface area contributed by atoms with Crippen molar-refractivity contribution in [3.05, 3.63) is 226 Å². The molecule has 0 saturated heterocycles. The minimum absolute atomic E-state index is 0. The molecule has 0 spiro atoms. The molecular weight excluding hydrogens is 1270 g/mol. The Kier molecular flexibility index (Phi) is 50.5. The van der Waals surface area contributed by atoms with Crippen molar-refractivity contribution >= 4 is 91.7 Å². The Morgan fingerprint density at radius 1 is 0.272 bits per heavy atom. The van der Waals surface area contributed by atoms with E-state index in [2.05, 4.69) is 255 Å². The van der Waals surface area contributed by atoms with E-state index in [1.807, 2.05) is 0 Å². The summed E-state index contributed by atoms with van der Waals surface area (Å²) in [6.45, 7) is 43.9. The second-order valence-corrected chi connectivity index (χ2v) is 19.5. The van der Waals surface area contributed by atoms with Gasteiger partial charge in [0.1, 0.15) is 0 Å². The minimum atomic E-state index is 0. The molecule has 0 fully saturated rings. The van der Waals surface area contributed by atoms with Gasteiger partial charge in [-0.3, -0.25) is 15.0 Å². The molecule has 0 unspecified atom stereocenters. The van der Waals surface area contributed by atoms with Crippen LogP contribution >= 0.6 is 0 Å². The van der Waals surface area contributed by atoms with Crippen molar-refractivity contribution in [1.29, 1.82) is 0 Å². The molecular formula is C66H81Fe4K2N6S3-. The number of allylic oxidation sites excluding steroid dienone is 6. The van der Waals surface area contributed by atoms with E-state index in [0.29, 0.717) is 0 Å². The molecule has 0 aliphatic carbocycles. The number of rotatable bonds is 12. The van der Waals surface area contributed by atoms with Crippen LogP contribution < -0.4 is 103 Å². The van der Waals surface area contributed by atoms with Crippen LogP contribution in [0.4, 0.5) is 34.1 Å². The summed E-state index contributed by atoms with van der Waals surface area (Å²) in [5, 5.41) is 14.6. The number of hydrogen-bond acceptors (Lipinski definition) is 3. The third-order valence-electron chi connectivity index (χ3n) is 13.6. The van der Waals surface area contributed by atoms with Gasteiger partial charge in [0.15, 0.2) is 0 Å². The van der Waals surface area contributed by atoms with Gasteiger partial charge in [-0.05, 0) is 175 Å². The maximum absolute atomic E-state index is 4.86. The largest absolute Gasteiger partial charge is 2.00 e. The van der Waals surface area contributed by atoms with Gasteiger partial charge in [-0.15, -0.1) is 17.1 Å². The number of benzene rings is 6. The second-order valence-electron chi connectivity index (χ2n) is 19.5. The van der Waals surface area contributed by atoms with E-state index in [-0.39, 0.29) is 212 Å². The van der Waals surface area contributed by atoms with Gasteiger partial charge in [0.25, 0.3) is 0 Å². The van der Waals surface area contributed by atoms with Gasteiger partial charge in [0.05, 0.1) is 17.1 Å². The normalized spacial score (nSPS) is 11.4. The molecule has 6 rings (SSSR count). The summed E-state index contributed by atoms with van der Waals surface area (Å²) in [6.07, 6.45) is 0. The zero-order valence-electron chi connectivity index (χ0n) is 52.2. The van der Waals surface area contributed by atoms with Gasteiger partial charge < -0.3 is 56.4 Å². The Hall–Kier alpha value is -0.649. The van der Waals surface area contributed by atoms with E-state index in [0.717, 1.165) is 85.1 Å². The fourth-order valence-electron chi connectivity index (χ4n) is 8.19. The summed E-state index contributed by atoms with van der Waals surface area (Å²) >= 11 is 0. The second kappa shape index (κ2) is 44.7. The predicted octanol–water partition coefficient (Wildman–Crippen LogP) is 15.0. The van der Waals surface area contributed by atoms with Gasteiger partial charge in [-0.1, -0.05) is 163 Å². The fraction of sp³-hybridized carbons (Fsp3) is 0.318. The topological polar surface area (TPSA) is 79.4 Å². The minimum Gasteiger partial charge on any atom is -2.00 e. The zero-order valence-corrected chi connectivity index (χ0v) is 65.3. The van der Waals surface area contributed by atoms with Crippen LogP contribution in [-0.2, 0) is 109 Å². The Balaban J connectivity index is -0.000000247. The monoisotopic (exact) mass is 1360 g/mol. The third-order valence-corrected chi connectivity index (χ3v) is 13.6. The molecule has 15 heteroatoms. The van der Waals surface area contributed by atoms with Gasteiger partial charge >= 0.3 is 154 Å². The number of para-hydroxylation sites is 6. The summed E-state index contributed by atoms with van der Waals surface area (Å²) < 4.78 is 0. The van der Waals surface area contributed by atoms with Crippen molar-refractivity contribution in [2.24, 2.45) is 15.0 Å². The van der Waals surface area contributed by atoms with Crippen molar-refractivity contribution in [3.63, 3.8) is 0 Å². The van der Waals surface area contributed by atoms with Gasteiger partial charge in [-0.2, -0.15) is 17.1 Å². The van der Waals surface area contributed by atoms with Crippen LogP contribution in [0.25, 0.3) is 16.0 Å². The summed E-state index contributed by atoms with van der Waals surface area (Å²) in [6, 6.07) is 37.7. The fourth-order valence-corrected chi connectivity index (χ4v) is 8.19. The van der Waals surface area contributed by atoms with E-state index < -0.39 is 0 Å². The molecule has 6 nitrogen and oxygen atoms in total. The van der Waals surface area contributed by atoms with E-state index >= 15 is 0 Å². The number of hydrogen-bond donors (Lipinski definition) is 0. The van der Waals surface area contributed by atoms with Crippen molar-refractivity contribution in [2.75, 3.05) is 0 Å². The first-order chi connectivity index (χ1) is 33.9. The standard InChI is InChI=1S/3C22H27N2.4Fe.2K.3S/c3*1-14-10-8-11-15(2)21(14)23-19(6)18(5)20(7)24-22-16(3)12-9-13-17(22)4;;;;;;;;;/h3*8-13H,1-7H3;;;;;;;;;/q3*-1;;3*+2;2*+1;3*-2/b3*19-18-,24-20?;;;;;;;;;. The summed E-state index contributed by atoms with van der Waals surface area (Å²) in [5.74, 6) is 0. The first kappa shape index (κ1) is 91.5. The first-order valence-electron chi connectivity index (χ1n) is 25.1. The predicted molar refractivity (Wildman–Crippen MR) is 340 cm³/mol. The molecule has 0 aliphatic heterocycles. The maximum Gasteiger partial charge on any atom is 2.00 e. The zero-order chi connectivity index (χ0) is 53.6. The maximum atomic E-state index is 4.86. The number of aryl methyl sites for hydroxylation is 12. The van der Waals surface area contributed by atoms with Gasteiger partial charge in [0, 0.05) is 34.2 Å².